The molecule has 4 heteroatoms. The quantitative estimate of drug-likeness (QED) is 0.869. The molecule has 0 saturated carbocycles. The van der Waals surface area contributed by atoms with Crippen molar-refractivity contribution in [3.05, 3.63) is 40.4 Å². The molecule has 2 rings (SSSR count). The summed E-state index contributed by atoms with van der Waals surface area (Å²) < 4.78 is 0.978. The van der Waals surface area contributed by atoms with Crippen LogP contribution in [0.15, 0.2) is 34.8 Å². The molecule has 1 saturated heterocycles. The molecule has 1 heterocycles. The van der Waals surface area contributed by atoms with Crippen molar-refractivity contribution in [3.8, 4) is 0 Å². The fourth-order valence-electron chi connectivity index (χ4n) is 2.29. The van der Waals surface area contributed by atoms with E-state index in [-0.39, 0.29) is 18.4 Å². The van der Waals surface area contributed by atoms with Crippen LogP contribution in [0.4, 0.5) is 0 Å². The fourth-order valence-corrected chi connectivity index (χ4v) is 2.71. The number of hydrogen-bond donors (Lipinski definition) is 1. The number of rotatable bonds is 3. The van der Waals surface area contributed by atoms with Crippen LogP contribution in [0.2, 0.25) is 0 Å². The minimum absolute atomic E-state index is 0.0221. The second-order valence-electron chi connectivity index (χ2n) is 4.83. The summed E-state index contributed by atoms with van der Waals surface area (Å²) in [5, 5.41) is 9.17. The van der Waals surface area contributed by atoms with E-state index in [1.165, 1.54) is 0 Å². The summed E-state index contributed by atoms with van der Waals surface area (Å²) in [5.74, 6) is 0.253. The van der Waals surface area contributed by atoms with Gasteiger partial charge in [0.15, 0.2) is 0 Å². The van der Waals surface area contributed by atoms with E-state index in [4.69, 9.17) is 0 Å². The molecule has 1 unspecified atom stereocenters. The van der Waals surface area contributed by atoms with Gasteiger partial charge in [0.25, 0.3) is 0 Å². The minimum atomic E-state index is 0.0221. The van der Waals surface area contributed by atoms with Gasteiger partial charge >= 0.3 is 0 Å². The van der Waals surface area contributed by atoms with Crippen molar-refractivity contribution in [1.82, 2.24) is 4.90 Å². The Labute approximate surface area is 122 Å². The van der Waals surface area contributed by atoms with Crippen LogP contribution >= 0.6 is 15.9 Å². The molecule has 0 spiro atoms. The summed E-state index contributed by atoms with van der Waals surface area (Å²) >= 11 is 3.45. The topological polar surface area (TPSA) is 40.5 Å². The van der Waals surface area contributed by atoms with Crippen molar-refractivity contribution < 1.29 is 9.90 Å². The Bertz CT molecular complexity index is 473. The molecule has 1 aromatic carbocycles. The first-order chi connectivity index (χ1) is 9.20. The second kappa shape index (κ2) is 6.87. The normalized spacial score (nSPS) is 19.9. The summed E-state index contributed by atoms with van der Waals surface area (Å²) in [6, 6.07) is 7.80. The Kier molecular flexibility index (Phi) is 5.16. The molecule has 0 aromatic heterocycles. The molecular formula is C15H18BrNO2. The van der Waals surface area contributed by atoms with E-state index < -0.39 is 0 Å². The number of hydrogen-bond acceptors (Lipinski definition) is 2. The number of piperidine rings is 1. The third-order valence-corrected chi connectivity index (χ3v) is 4.12. The van der Waals surface area contributed by atoms with Gasteiger partial charge in [0.05, 0.1) is 0 Å². The summed E-state index contributed by atoms with van der Waals surface area (Å²) in [7, 11) is 0. The van der Waals surface area contributed by atoms with E-state index in [9.17, 15) is 9.90 Å². The molecule has 0 bridgehead atoms. The lowest BCUT2D eigenvalue weighted by Gasteiger charge is -2.31. The highest BCUT2D eigenvalue weighted by molar-refractivity contribution is 9.10. The van der Waals surface area contributed by atoms with Crippen molar-refractivity contribution in [1.29, 1.82) is 0 Å². The van der Waals surface area contributed by atoms with Crippen LogP contribution in [0, 0.1) is 5.92 Å². The Morgan fingerprint density at radius 3 is 3.00 bits per heavy atom. The predicted molar refractivity (Wildman–Crippen MR) is 79.6 cm³/mol. The first-order valence-corrected chi connectivity index (χ1v) is 7.32. The lowest BCUT2D eigenvalue weighted by Crippen LogP contribution is -2.40. The number of nitrogens with zero attached hydrogens (tertiary/aromatic N) is 1. The SMILES string of the molecule is O=C(/C=C/c1ccccc1Br)N1CCCC(CO)C1. The lowest BCUT2D eigenvalue weighted by atomic mass is 9.99. The van der Waals surface area contributed by atoms with Crippen molar-refractivity contribution in [2.45, 2.75) is 12.8 Å². The van der Waals surface area contributed by atoms with Gasteiger partial charge in [0, 0.05) is 30.2 Å². The van der Waals surface area contributed by atoms with Crippen LogP contribution < -0.4 is 0 Å². The Morgan fingerprint density at radius 1 is 1.47 bits per heavy atom. The maximum absolute atomic E-state index is 12.1. The van der Waals surface area contributed by atoms with Crippen LogP contribution in [0.5, 0.6) is 0 Å². The van der Waals surface area contributed by atoms with E-state index in [0.29, 0.717) is 6.54 Å². The van der Waals surface area contributed by atoms with Gasteiger partial charge in [-0.3, -0.25) is 4.79 Å². The van der Waals surface area contributed by atoms with Crippen molar-refractivity contribution in [3.63, 3.8) is 0 Å². The Morgan fingerprint density at radius 2 is 2.26 bits per heavy atom. The van der Waals surface area contributed by atoms with Gasteiger partial charge in [-0.2, -0.15) is 0 Å². The van der Waals surface area contributed by atoms with Crippen molar-refractivity contribution >= 4 is 27.9 Å². The number of aliphatic hydroxyl groups is 1. The number of halogens is 1. The largest absolute Gasteiger partial charge is 0.396 e. The Balaban J connectivity index is 1.99. The molecule has 1 fully saturated rings. The first-order valence-electron chi connectivity index (χ1n) is 6.53. The summed E-state index contributed by atoms with van der Waals surface area (Å²) in [4.78, 5) is 13.9. The minimum Gasteiger partial charge on any atom is -0.396 e. The predicted octanol–water partition coefficient (Wildman–Crippen LogP) is 2.69. The fraction of sp³-hybridized carbons (Fsp3) is 0.400. The standard InChI is InChI=1S/C15H18BrNO2/c16-14-6-2-1-5-13(14)7-8-15(19)17-9-3-4-12(10-17)11-18/h1-2,5-8,12,18H,3-4,9-11H2/b8-7+. The maximum atomic E-state index is 12.1. The smallest absolute Gasteiger partial charge is 0.246 e. The molecular weight excluding hydrogens is 306 g/mol. The molecule has 1 aromatic rings. The van der Waals surface area contributed by atoms with Gasteiger partial charge in [-0.1, -0.05) is 34.1 Å². The number of carbonyl (C=O) groups excluding carboxylic acids is 1. The third kappa shape index (κ3) is 3.91. The van der Waals surface area contributed by atoms with Gasteiger partial charge in [0.2, 0.25) is 5.91 Å². The van der Waals surface area contributed by atoms with Crippen molar-refractivity contribution in [2.24, 2.45) is 5.92 Å². The molecule has 1 N–H and O–H groups in total. The van der Waals surface area contributed by atoms with Crippen LogP contribution in [0.25, 0.3) is 6.08 Å². The highest BCUT2D eigenvalue weighted by atomic mass is 79.9. The van der Waals surface area contributed by atoms with Crippen LogP contribution in [0.3, 0.4) is 0 Å². The highest BCUT2D eigenvalue weighted by Gasteiger charge is 2.21. The van der Waals surface area contributed by atoms with Crippen LogP contribution in [0.1, 0.15) is 18.4 Å². The second-order valence-corrected chi connectivity index (χ2v) is 5.68. The molecule has 1 atom stereocenters. The zero-order valence-corrected chi connectivity index (χ0v) is 12.3. The average Bonchev–Trinajstić information content (AvgIpc) is 2.46. The third-order valence-electron chi connectivity index (χ3n) is 3.40. The van der Waals surface area contributed by atoms with E-state index >= 15 is 0 Å². The summed E-state index contributed by atoms with van der Waals surface area (Å²) in [5.41, 5.74) is 0.992. The van der Waals surface area contributed by atoms with E-state index in [1.807, 2.05) is 35.2 Å². The molecule has 1 amide bonds. The van der Waals surface area contributed by atoms with Crippen LogP contribution in [-0.2, 0) is 4.79 Å². The van der Waals surface area contributed by atoms with Gasteiger partial charge in [-0.15, -0.1) is 0 Å². The maximum Gasteiger partial charge on any atom is 0.246 e. The highest BCUT2D eigenvalue weighted by Crippen LogP contribution is 2.19. The molecule has 0 aliphatic carbocycles. The van der Waals surface area contributed by atoms with Crippen molar-refractivity contribution in [2.75, 3.05) is 19.7 Å². The van der Waals surface area contributed by atoms with Gasteiger partial charge in [-0.25, -0.2) is 0 Å². The first kappa shape index (κ1) is 14.3. The van der Waals surface area contributed by atoms with E-state index in [0.717, 1.165) is 29.4 Å². The average molecular weight is 324 g/mol. The Hall–Kier alpha value is -1.13. The summed E-state index contributed by atoms with van der Waals surface area (Å²) in [6.45, 7) is 1.61. The van der Waals surface area contributed by atoms with Gasteiger partial charge in [0.1, 0.15) is 0 Å². The number of carbonyl (C=O) groups is 1. The number of amides is 1. The van der Waals surface area contributed by atoms with Crippen LogP contribution in [-0.4, -0.2) is 35.6 Å². The van der Waals surface area contributed by atoms with Gasteiger partial charge in [-0.05, 0) is 36.5 Å². The summed E-state index contributed by atoms with van der Waals surface area (Å²) in [6.07, 6.45) is 5.42. The molecule has 19 heavy (non-hydrogen) atoms. The molecule has 1 aliphatic rings. The lowest BCUT2D eigenvalue weighted by molar-refractivity contribution is -0.127. The van der Waals surface area contributed by atoms with Gasteiger partial charge < -0.3 is 10.0 Å². The zero-order valence-electron chi connectivity index (χ0n) is 10.8. The molecule has 3 nitrogen and oxygen atoms in total. The monoisotopic (exact) mass is 323 g/mol. The van der Waals surface area contributed by atoms with E-state index in [1.54, 1.807) is 6.08 Å². The zero-order chi connectivity index (χ0) is 13.7. The number of likely N-dealkylation sites (tertiary alicyclic amines) is 1. The molecule has 1 aliphatic heterocycles. The number of benzene rings is 1. The molecule has 0 radical (unpaired) electrons. The van der Waals surface area contributed by atoms with E-state index in [2.05, 4.69) is 15.9 Å². The number of aliphatic hydroxyl groups excluding tert-OH is 1. The molecule has 102 valence electrons.